The maximum atomic E-state index is 13.0. The molecule has 0 atom stereocenters. The molecule has 1 saturated heterocycles. The maximum absolute atomic E-state index is 13.0. The van der Waals surface area contributed by atoms with Gasteiger partial charge in [0.15, 0.2) is 0 Å². The van der Waals surface area contributed by atoms with Crippen molar-refractivity contribution in [1.82, 2.24) is 9.47 Å². The van der Waals surface area contributed by atoms with Crippen molar-refractivity contribution in [2.75, 3.05) is 6.54 Å². The molecule has 0 N–H and O–H groups in total. The monoisotopic (exact) mass is 434 g/mol. The molecule has 3 nitrogen and oxygen atoms in total. The molecule has 3 aromatic rings. The summed E-state index contributed by atoms with van der Waals surface area (Å²) in [5.74, 6) is 0.404. The molecule has 1 fully saturated rings. The van der Waals surface area contributed by atoms with Gasteiger partial charge in [-0.25, -0.2) is 0 Å². The van der Waals surface area contributed by atoms with E-state index >= 15 is 0 Å². The van der Waals surface area contributed by atoms with E-state index in [1.165, 1.54) is 33.8 Å². The smallest absolute Gasteiger partial charge is 0.266 e. The van der Waals surface area contributed by atoms with Gasteiger partial charge in [-0.2, -0.15) is 0 Å². The first kappa shape index (κ1) is 20.9. The van der Waals surface area contributed by atoms with Crippen molar-refractivity contribution in [3.63, 3.8) is 0 Å². The predicted molar refractivity (Wildman–Crippen MR) is 132 cm³/mol. The summed E-state index contributed by atoms with van der Waals surface area (Å²) in [6.07, 6.45) is 5.15. The summed E-state index contributed by atoms with van der Waals surface area (Å²) in [7, 11) is 0. The van der Waals surface area contributed by atoms with Gasteiger partial charge in [0.2, 0.25) is 0 Å². The first-order valence-electron chi connectivity index (χ1n) is 10.4. The third-order valence-corrected chi connectivity index (χ3v) is 6.68. The van der Waals surface area contributed by atoms with Gasteiger partial charge in [-0.3, -0.25) is 9.69 Å². The second kappa shape index (κ2) is 8.78. The van der Waals surface area contributed by atoms with Crippen LogP contribution in [0.3, 0.4) is 0 Å². The molecule has 0 bridgehead atoms. The number of carbonyl (C=O) groups is 1. The number of carbonyl (C=O) groups excluding carboxylic acids is 1. The number of thioether (sulfide) groups is 1. The molecule has 1 aliphatic rings. The quantitative estimate of drug-likeness (QED) is 0.346. The minimum Gasteiger partial charge on any atom is -0.342 e. The van der Waals surface area contributed by atoms with Crippen LogP contribution in [0.5, 0.6) is 0 Å². The third-order valence-electron chi connectivity index (χ3n) is 5.30. The fourth-order valence-corrected chi connectivity index (χ4v) is 5.20. The minimum absolute atomic E-state index is 0.0225. The van der Waals surface area contributed by atoms with E-state index in [1.807, 2.05) is 12.1 Å². The van der Waals surface area contributed by atoms with E-state index in [1.54, 1.807) is 4.90 Å². The number of aryl methyl sites for hydroxylation is 1. The first-order valence-corrected chi connectivity index (χ1v) is 11.6. The van der Waals surface area contributed by atoms with Crippen molar-refractivity contribution in [2.45, 2.75) is 33.7 Å². The van der Waals surface area contributed by atoms with Crippen LogP contribution in [0.15, 0.2) is 59.6 Å². The molecular formula is C25H26N2OS2. The van der Waals surface area contributed by atoms with E-state index in [2.05, 4.69) is 74.0 Å². The molecule has 5 heteroatoms. The summed E-state index contributed by atoms with van der Waals surface area (Å²) in [4.78, 5) is 15.4. The molecule has 2 aromatic carbocycles. The normalized spacial score (nSPS) is 15.9. The maximum Gasteiger partial charge on any atom is 0.266 e. The lowest BCUT2D eigenvalue weighted by Gasteiger charge is -2.16. The molecule has 30 heavy (non-hydrogen) atoms. The number of para-hydroxylation sites is 1. The van der Waals surface area contributed by atoms with E-state index in [9.17, 15) is 4.79 Å². The van der Waals surface area contributed by atoms with Crippen molar-refractivity contribution in [3.05, 3.63) is 76.3 Å². The van der Waals surface area contributed by atoms with Crippen LogP contribution in [0.2, 0.25) is 0 Å². The SMILES string of the molecule is CCc1cccc2c(/C=C3\SC(=S)N(CC(C)C)C3=O)cn(Cc3ccccc3)c12. The number of hydrogen-bond donors (Lipinski definition) is 0. The average molecular weight is 435 g/mol. The molecule has 4 rings (SSSR count). The molecule has 0 spiro atoms. The molecule has 2 heterocycles. The zero-order chi connectivity index (χ0) is 21.3. The largest absolute Gasteiger partial charge is 0.342 e. The van der Waals surface area contributed by atoms with Crippen LogP contribution in [-0.4, -0.2) is 26.2 Å². The summed E-state index contributed by atoms with van der Waals surface area (Å²) < 4.78 is 2.96. The van der Waals surface area contributed by atoms with Gasteiger partial charge >= 0.3 is 0 Å². The standard InChI is InChI=1S/C25H26N2OS2/c1-4-19-11-8-12-21-20(13-22-24(28)27(14-17(2)3)25(29)30-22)16-26(23(19)21)15-18-9-6-5-7-10-18/h5-13,16-17H,4,14-15H2,1-3H3/b22-13-. The van der Waals surface area contributed by atoms with Gasteiger partial charge in [0, 0.05) is 30.2 Å². The van der Waals surface area contributed by atoms with Gasteiger partial charge in [-0.15, -0.1) is 0 Å². The Morgan fingerprint density at radius 1 is 1.10 bits per heavy atom. The van der Waals surface area contributed by atoms with Crippen molar-refractivity contribution in [1.29, 1.82) is 0 Å². The summed E-state index contributed by atoms with van der Waals surface area (Å²) in [5, 5.41) is 1.18. The second-order valence-electron chi connectivity index (χ2n) is 8.05. The number of thiocarbonyl (C=S) groups is 1. The highest BCUT2D eigenvalue weighted by Crippen LogP contribution is 2.35. The Bertz CT molecular complexity index is 1130. The molecule has 1 aliphatic heterocycles. The Morgan fingerprint density at radius 3 is 2.57 bits per heavy atom. The van der Waals surface area contributed by atoms with Crippen molar-refractivity contribution in [3.8, 4) is 0 Å². The topological polar surface area (TPSA) is 25.2 Å². The number of rotatable bonds is 6. The lowest BCUT2D eigenvalue weighted by atomic mass is 10.1. The number of fused-ring (bicyclic) bond motifs is 1. The van der Waals surface area contributed by atoms with Gasteiger partial charge in [0.1, 0.15) is 4.32 Å². The van der Waals surface area contributed by atoms with E-state index in [0.717, 1.165) is 18.5 Å². The van der Waals surface area contributed by atoms with E-state index < -0.39 is 0 Å². The van der Waals surface area contributed by atoms with Crippen molar-refractivity contribution in [2.24, 2.45) is 5.92 Å². The predicted octanol–water partition coefficient (Wildman–Crippen LogP) is 6.11. The second-order valence-corrected chi connectivity index (χ2v) is 9.73. The summed E-state index contributed by atoms with van der Waals surface area (Å²) in [5.41, 5.74) is 4.89. The van der Waals surface area contributed by atoms with Crippen LogP contribution < -0.4 is 0 Å². The lowest BCUT2D eigenvalue weighted by molar-refractivity contribution is -0.122. The molecule has 1 amide bonds. The van der Waals surface area contributed by atoms with Gasteiger partial charge in [-0.1, -0.05) is 93.3 Å². The lowest BCUT2D eigenvalue weighted by Crippen LogP contribution is -2.31. The van der Waals surface area contributed by atoms with Crippen molar-refractivity contribution < 1.29 is 4.79 Å². The Balaban J connectivity index is 1.77. The summed E-state index contributed by atoms with van der Waals surface area (Å²) in [6.45, 7) is 7.86. The van der Waals surface area contributed by atoms with Gasteiger partial charge in [0.05, 0.1) is 10.4 Å². The van der Waals surface area contributed by atoms with E-state index in [4.69, 9.17) is 12.2 Å². The molecule has 1 aromatic heterocycles. The molecule has 154 valence electrons. The van der Waals surface area contributed by atoms with Crippen LogP contribution in [0.25, 0.3) is 17.0 Å². The van der Waals surface area contributed by atoms with Crippen LogP contribution in [0.4, 0.5) is 0 Å². The minimum atomic E-state index is 0.0225. The Morgan fingerprint density at radius 2 is 1.87 bits per heavy atom. The highest BCUT2D eigenvalue weighted by Gasteiger charge is 2.32. The van der Waals surface area contributed by atoms with Gasteiger partial charge in [-0.05, 0) is 29.5 Å². The van der Waals surface area contributed by atoms with Crippen LogP contribution >= 0.6 is 24.0 Å². The molecule has 0 unspecified atom stereocenters. The zero-order valence-corrected chi connectivity index (χ0v) is 19.2. The molecule has 0 aliphatic carbocycles. The van der Waals surface area contributed by atoms with Gasteiger partial charge < -0.3 is 4.57 Å². The van der Waals surface area contributed by atoms with Crippen LogP contribution in [-0.2, 0) is 17.8 Å². The van der Waals surface area contributed by atoms with Gasteiger partial charge in [0.25, 0.3) is 5.91 Å². The molecule has 0 radical (unpaired) electrons. The number of amides is 1. The molecular weight excluding hydrogens is 408 g/mol. The van der Waals surface area contributed by atoms with E-state index in [-0.39, 0.29) is 5.91 Å². The number of nitrogens with zero attached hydrogens (tertiary/aromatic N) is 2. The van der Waals surface area contributed by atoms with Crippen LogP contribution in [0.1, 0.15) is 37.5 Å². The average Bonchev–Trinajstić information content (AvgIpc) is 3.21. The highest BCUT2D eigenvalue weighted by atomic mass is 32.2. The summed E-state index contributed by atoms with van der Waals surface area (Å²) >= 11 is 6.89. The third kappa shape index (κ3) is 4.09. The highest BCUT2D eigenvalue weighted by molar-refractivity contribution is 8.26. The Labute approximate surface area is 187 Å². The van der Waals surface area contributed by atoms with E-state index in [0.29, 0.717) is 21.7 Å². The Kier molecular flexibility index (Phi) is 6.11. The zero-order valence-electron chi connectivity index (χ0n) is 17.6. The van der Waals surface area contributed by atoms with Crippen molar-refractivity contribution >= 4 is 51.2 Å². The number of hydrogen-bond acceptors (Lipinski definition) is 3. The number of benzene rings is 2. The Hall–Kier alpha value is -2.37. The number of aromatic nitrogens is 1. The van der Waals surface area contributed by atoms with Crippen LogP contribution in [0, 0.1) is 5.92 Å². The fourth-order valence-electron chi connectivity index (χ4n) is 3.93. The summed E-state index contributed by atoms with van der Waals surface area (Å²) in [6, 6.07) is 16.9. The molecule has 0 saturated carbocycles. The first-order chi connectivity index (χ1) is 14.5. The fraction of sp³-hybridized carbons (Fsp3) is 0.280.